The number of para-hydroxylation sites is 1. The van der Waals surface area contributed by atoms with E-state index in [9.17, 15) is 4.79 Å². The van der Waals surface area contributed by atoms with E-state index in [2.05, 4.69) is 23.3 Å². The molecule has 1 amide bonds. The second-order valence-corrected chi connectivity index (χ2v) is 6.07. The van der Waals surface area contributed by atoms with E-state index < -0.39 is 0 Å². The molecule has 0 spiro atoms. The third-order valence-electron chi connectivity index (χ3n) is 3.59. The number of nitrogens with one attached hydrogen (secondary N) is 1. The topological polar surface area (TPSA) is 45.2 Å². The van der Waals surface area contributed by atoms with Crippen LogP contribution < -0.4 is 5.32 Å². The predicted molar refractivity (Wildman–Crippen MR) is 88.6 cm³/mol. The van der Waals surface area contributed by atoms with Crippen LogP contribution >= 0.6 is 11.3 Å². The maximum Gasteiger partial charge on any atom is 0.223 e. The van der Waals surface area contributed by atoms with Crippen molar-refractivity contribution >= 4 is 27.5 Å². The Bertz CT molecular complexity index is 559. The fourth-order valence-electron chi connectivity index (χ4n) is 2.29. The number of carbonyl (C=O) groups excluding carboxylic acids is 1. The largest absolute Gasteiger partial charge is 0.343 e. The third-order valence-corrected chi connectivity index (χ3v) is 4.81. The molecule has 0 aliphatic carbocycles. The summed E-state index contributed by atoms with van der Waals surface area (Å²) in [6.07, 6.45) is 0.539. The van der Waals surface area contributed by atoms with E-state index in [0.29, 0.717) is 13.0 Å². The van der Waals surface area contributed by atoms with Crippen LogP contribution in [0.25, 0.3) is 10.2 Å². The van der Waals surface area contributed by atoms with Gasteiger partial charge in [0.15, 0.2) is 0 Å². The average molecular weight is 305 g/mol. The normalized spacial score (nSPS) is 12.5. The van der Waals surface area contributed by atoms with Crippen LogP contribution in [0.3, 0.4) is 0 Å². The van der Waals surface area contributed by atoms with Gasteiger partial charge in [0.05, 0.1) is 16.3 Å². The van der Waals surface area contributed by atoms with Gasteiger partial charge in [0, 0.05) is 26.1 Å². The lowest BCUT2D eigenvalue weighted by Crippen LogP contribution is -2.33. The smallest absolute Gasteiger partial charge is 0.223 e. The quantitative estimate of drug-likeness (QED) is 0.854. The Morgan fingerprint density at radius 2 is 2.05 bits per heavy atom. The standard InChI is InChI=1S/C16H23N3OS/c1-4-19(5-2)15(20)10-11-17-12(3)16-18-13-8-6-7-9-14(13)21-16/h6-9,12,17H,4-5,10-11H2,1-3H3. The van der Waals surface area contributed by atoms with Crippen LogP contribution in [0, 0.1) is 0 Å². The van der Waals surface area contributed by atoms with Gasteiger partial charge in [-0.1, -0.05) is 12.1 Å². The summed E-state index contributed by atoms with van der Waals surface area (Å²) in [4.78, 5) is 18.4. The molecule has 0 saturated carbocycles. The van der Waals surface area contributed by atoms with Crippen molar-refractivity contribution in [1.29, 1.82) is 0 Å². The van der Waals surface area contributed by atoms with Crippen LogP contribution in [0.2, 0.25) is 0 Å². The first-order valence-electron chi connectivity index (χ1n) is 7.52. The SMILES string of the molecule is CCN(CC)C(=O)CCNC(C)c1nc2ccccc2s1. The number of carbonyl (C=O) groups is 1. The number of hydrogen-bond donors (Lipinski definition) is 1. The van der Waals surface area contributed by atoms with Gasteiger partial charge in [-0.15, -0.1) is 11.3 Å². The average Bonchev–Trinajstić information content (AvgIpc) is 2.92. The lowest BCUT2D eigenvalue weighted by atomic mass is 10.3. The first-order valence-corrected chi connectivity index (χ1v) is 8.34. The van der Waals surface area contributed by atoms with Crippen LogP contribution in [-0.2, 0) is 4.79 Å². The summed E-state index contributed by atoms with van der Waals surface area (Å²) < 4.78 is 1.21. The molecule has 4 nitrogen and oxygen atoms in total. The number of fused-ring (bicyclic) bond motifs is 1. The number of amides is 1. The van der Waals surface area contributed by atoms with Crippen molar-refractivity contribution in [2.75, 3.05) is 19.6 Å². The lowest BCUT2D eigenvalue weighted by molar-refractivity contribution is -0.130. The summed E-state index contributed by atoms with van der Waals surface area (Å²) in [7, 11) is 0. The van der Waals surface area contributed by atoms with Crippen molar-refractivity contribution in [2.45, 2.75) is 33.2 Å². The van der Waals surface area contributed by atoms with Crippen molar-refractivity contribution in [3.63, 3.8) is 0 Å². The zero-order valence-corrected chi connectivity index (χ0v) is 13.7. The predicted octanol–water partition coefficient (Wildman–Crippen LogP) is 3.21. The van der Waals surface area contributed by atoms with Gasteiger partial charge in [0.1, 0.15) is 5.01 Å². The summed E-state index contributed by atoms with van der Waals surface area (Å²) in [5.74, 6) is 0.212. The van der Waals surface area contributed by atoms with Gasteiger partial charge in [0.25, 0.3) is 0 Å². The zero-order chi connectivity index (χ0) is 15.2. The minimum atomic E-state index is 0.173. The van der Waals surface area contributed by atoms with E-state index in [1.807, 2.05) is 36.9 Å². The summed E-state index contributed by atoms with van der Waals surface area (Å²) in [6.45, 7) is 8.37. The molecule has 0 fully saturated rings. The van der Waals surface area contributed by atoms with Gasteiger partial charge in [-0.3, -0.25) is 4.79 Å². The maximum atomic E-state index is 11.9. The van der Waals surface area contributed by atoms with Gasteiger partial charge >= 0.3 is 0 Å². The van der Waals surface area contributed by atoms with E-state index in [0.717, 1.165) is 23.6 Å². The molecular formula is C16H23N3OS. The second-order valence-electron chi connectivity index (χ2n) is 5.01. The van der Waals surface area contributed by atoms with Crippen molar-refractivity contribution in [2.24, 2.45) is 0 Å². The summed E-state index contributed by atoms with van der Waals surface area (Å²) >= 11 is 1.71. The van der Waals surface area contributed by atoms with E-state index >= 15 is 0 Å². The zero-order valence-electron chi connectivity index (χ0n) is 12.9. The van der Waals surface area contributed by atoms with Crippen LogP contribution in [-0.4, -0.2) is 35.4 Å². The molecule has 21 heavy (non-hydrogen) atoms. The molecule has 2 rings (SSSR count). The Kier molecular flexibility index (Phi) is 5.70. The van der Waals surface area contributed by atoms with Crippen molar-refractivity contribution in [3.05, 3.63) is 29.3 Å². The Morgan fingerprint density at radius 3 is 2.71 bits per heavy atom. The fourth-order valence-corrected chi connectivity index (χ4v) is 3.29. The summed E-state index contributed by atoms with van der Waals surface area (Å²) in [6, 6.07) is 8.34. The van der Waals surface area contributed by atoms with Crippen LogP contribution in [0.15, 0.2) is 24.3 Å². The van der Waals surface area contributed by atoms with Gasteiger partial charge in [-0.05, 0) is 32.9 Å². The monoisotopic (exact) mass is 305 g/mol. The molecule has 1 unspecified atom stereocenters. The van der Waals surface area contributed by atoms with E-state index in [-0.39, 0.29) is 11.9 Å². The van der Waals surface area contributed by atoms with Crippen LogP contribution in [0.5, 0.6) is 0 Å². The maximum absolute atomic E-state index is 11.9. The molecule has 1 N–H and O–H groups in total. The molecule has 1 atom stereocenters. The molecule has 0 bridgehead atoms. The third kappa shape index (κ3) is 4.02. The van der Waals surface area contributed by atoms with E-state index in [1.54, 1.807) is 11.3 Å². The number of hydrogen-bond acceptors (Lipinski definition) is 4. The highest BCUT2D eigenvalue weighted by Gasteiger charge is 2.13. The second kappa shape index (κ2) is 7.52. The highest BCUT2D eigenvalue weighted by molar-refractivity contribution is 7.18. The van der Waals surface area contributed by atoms with E-state index in [1.165, 1.54) is 4.70 Å². The number of rotatable bonds is 7. The number of nitrogens with zero attached hydrogens (tertiary/aromatic N) is 2. The Balaban J connectivity index is 1.87. The molecule has 5 heteroatoms. The first kappa shape index (κ1) is 15.9. The molecular weight excluding hydrogens is 282 g/mol. The van der Waals surface area contributed by atoms with Crippen LogP contribution in [0.1, 0.15) is 38.2 Å². The Hall–Kier alpha value is -1.46. The number of benzene rings is 1. The Labute approximate surface area is 130 Å². The van der Waals surface area contributed by atoms with Crippen LogP contribution in [0.4, 0.5) is 0 Å². The van der Waals surface area contributed by atoms with E-state index in [4.69, 9.17) is 0 Å². The number of thiazole rings is 1. The molecule has 0 aliphatic heterocycles. The van der Waals surface area contributed by atoms with Crippen molar-refractivity contribution in [3.8, 4) is 0 Å². The fraction of sp³-hybridized carbons (Fsp3) is 0.500. The van der Waals surface area contributed by atoms with Gasteiger partial charge in [-0.2, -0.15) is 0 Å². The molecule has 2 aromatic rings. The molecule has 1 heterocycles. The molecule has 0 aliphatic rings. The van der Waals surface area contributed by atoms with Crippen molar-refractivity contribution in [1.82, 2.24) is 15.2 Å². The molecule has 0 radical (unpaired) electrons. The minimum absolute atomic E-state index is 0.173. The highest BCUT2D eigenvalue weighted by Crippen LogP contribution is 2.25. The minimum Gasteiger partial charge on any atom is -0.343 e. The summed E-state index contributed by atoms with van der Waals surface area (Å²) in [5, 5.41) is 4.47. The lowest BCUT2D eigenvalue weighted by Gasteiger charge is -2.19. The highest BCUT2D eigenvalue weighted by atomic mass is 32.1. The molecule has 1 aromatic heterocycles. The van der Waals surface area contributed by atoms with Gasteiger partial charge in [0.2, 0.25) is 5.91 Å². The van der Waals surface area contributed by atoms with Gasteiger partial charge < -0.3 is 10.2 Å². The first-order chi connectivity index (χ1) is 10.2. The van der Waals surface area contributed by atoms with Crippen molar-refractivity contribution < 1.29 is 4.79 Å². The summed E-state index contributed by atoms with van der Waals surface area (Å²) in [5.41, 5.74) is 1.05. The molecule has 1 aromatic carbocycles. The molecule has 114 valence electrons. The molecule has 0 saturated heterocycles. The Morgan fingerprint density at radius 1 is 1.33 bits per heavy atom. The number of aromatic nitrogens is 1. The van der Waals surface area contributed by atoms with Gasteiger partial charge in [-0.25, -0.2) is 4.98 Å².